The molecule has 0 unspecified atom stereocenters. The minimum absolute atomic E-state index is 0.0173. The Hall–Kier alpha value is -2.65. The summed E-state index contributed by atoms with van der Waals surface area (Å²) in [5, 5.41) is 2.66. The maximum Gasteiger partial charge on any atom is 0.251 e. The number of benzene rings is 2. The van der Waals surface area contributed by atoms with Crippen molar-refractivity contribution in [1.82, 2.24) is 9.62 Å². The highest BCUT2D eigenvalue weighted by atomic mass is 32.2. The fourth-order valence-corrected chi connectivity index (χ4v) is 3.41. The number of fused-ring (bicyclic) bond motifs is 1. The molecule has 2 aromatic carbocycles. The van der Waals surface area contributed by atoms with Crippen LogP contribution in [0, 0.1) is 5.82 Å². The van der Waals surface area contributed by atoms with Crippen LogP contribution in [-0.2, 0) is 16.6 Å². The molecule has 27 heavy (non-hydrogen) atoms. The Kier molecular flexibility index (Phi) is 5.62. The largest absolute Gasteiger partial charge is 0.454 e. The molecular weight excluding hydrogens is 375 g/mol. The lowest BCUT2D eigenvalue weighted by Gasteiger charge is -2.20. The lowest BCUT2D eigenvalue weighted by Crippen LogP contribution is -2.37. The first-order chi connectivity index (χ1) is 12.8. The first kappa shape index (κ1) is 19.1. The van der Waals surface area contributed by atoms with Gasteiger partial charge in [0.1, 0.15) is 5.82 Å². The Morgan fingerprint density at radius 2 is 1.93 bits per heavy atom. The van der Waals surface area contributed by atoms with Gasteiger partial charge in [0.2, 0.25) is 16.8 Å². The molecule has 0 atom stereocenters. The Balaban J connectivity index is 1.61. The van der Waals surface area contributed by atoms with Gasteiger partial charge in [0.05, 0.1) is 6.26 Å². The molecule has 144 valence electrons. The summed E-state index contributed by atoms with van der Waals surface area (Å²) in [5.74, 6) is 0.211. The van der Waals surface area contributed by atoms with Crippen molar-refractivity contribution in [3.05, 3.63) is 59.4 Å². The van der Waals surface area contributed by atoms with Crippen LogP contribution in [0.5, 0.6) is 11.5 Å². The minimum atomic E-state index is -3.57. The van der Waals surface area contributed by atoms with E-state index in [2.05, 4.69) is 5.32 Å². The fraction of sp³-hybridized carbons (Fsp3) is 0.278. The minimum Gasteiger partial charge on any atom is -0.454 e. The second kappa shape index (κ2) is 7.93. The first-order valence-corrected chi connectivity index (χ1v) is 10.1. The molecule has 7 nitrogen and oxygen atoms in total. The molecule has 3 rings (SSSR count). The van der Waals surface area contributed by atoms with Crippen LogP contribution in [0.25, 0.3) is 0 Å². The number of hydrogen-bond donors (Lipinski definition) is 1. The van der Waals surface area contributed by atoms with Crippen molar-refractivity contribution in [2.24, 2.45) is 0 Å². The van der Waals surface area contributed by atoms with E-state index >= 15 is 0 Å². The number of carbonyl (C=O) groups excluding carboxylic acids is 1. The lowest BCUT2D eigenvalue weighted by atomic mass is 10.2. The van der Waals surface area contributed by atoms with E-state index in [0.29, 0.717) is 17.1 Å². The van der Waals surface area contributed by atoms with E-state index in [9.17, 15) is 17.6 Å². The third kappa shape index (κ3) is 4.75. The van der Waals surface area contributed by atoms with E-state index in [1.54, 1.807) is 24.3 Å². The van der Waals surface area contributed by atoms with Crippen LogP contribution in [-0.4, -0.2) is 44.8 Å². The zero-order valence-corrected chi connectivity index (χ0v) is 15.5. The van der Waals surface area contributed by atoms with Gasteiger partial charge in [-0.1, -0.05) is 18.2 Å². The highest BCUT2D eigenvalue weighted by Crippen LogP contribution is 2.32. The molecule has 9 heteroatoms. The summed E-state index contributed by atoms with van der Waals surface area (Å²) in [7, 11) is -3.57. The Morgan fingerprint density at radius 1 is 1.19 bits per heavy atom. The zero-order valence-electron chi connectivity index (χ0n) is 14.6. The second-order valence-corrected chi connectivity index (χ2v) is 7.99. The number of ether oxygens (including phenoxy) is 2. The molecule has 1 amide bonds. The summed E-state index contributed by atoms with van der Waals surface area (Å²) in [6.45, 7) is 0.101. The molecule has 0 saturated heterocycles. The predicted octanol–water partition coefficient (Wildman–Crippen LogP) is 1.75. The van der Waals surface area contributed by atoms with E-state index < -0.39 is 15.8 Å². The van der Waals surface area contributed by atoms with Gasteiger partial charge in [-0.2, -0.15) is 4.31 Å². The predicted molar refractivity (Wildman–Crippen MR) is 96.6 cm³/mol. The van der Waals surface area contributed by atoms with Crippen LogP contribution < -0.4 is 14.8 Å². The van der Waals surface area contributed by atoms with Crippen molar-refractivity contribution in [2.75, 3.05) is 26.1 Å². The fourth-order valence-electron chi connectivity index (χ4n) is 2.61. The Morgan fingerprint density at radius 3 is 2.67 bits per heavy atom. The highest BCUT2D eigenvalue weighted by Gasteiger charge is 2.20. The zero-order chi connectivity index (χ0) is 19.4. The van der Waals surface area contributed by atoms with Crippen molar-refractivity contribution >= 4 is 15.9 Å². The molecule has 1 N–H and O–H groups in total. The van der Waals surface area contributed by atoms with E-state index in [-0.39, 0.29) is 37.9 Å². The molecule has 0 radical (unpaired) electrons. The van der Waals surface area contributed by atoms with Crippen molar-refractivity contribution in [3.8, 4) is 11.5 Å². The monoisotopic (exact) mass is 394 g/mol. The summed E-state index contributed by atoms with van der Waals surface area (Å²) in [6.07, 6.45) is 1.05. The molecular formula is C18H19FN2O5S. The summed E-state index contributed by atoms with van der Waals surface area (Å²) in [4.78, 5) is 12.3. The molecule has 1 aliphatic heterocycles. The molecule has 0 saturated carbocycles. The number of sulfonamides is 1. The summed E-state index contributed by atoms with van der Waals surface area (Å²) in [5.41, 5.74) is 0.643. The molecule has 0 fully saturated rings. The van der Waals surface area contributed by atoms with Gasteiger partial charge in [-0.3, -0.25) is 4.79 Å². The maximum atomic E-state index is 13.8. The van der Waals surface area contributed by atoms with Crippen molar-refractivity contribution in [1.29, 1.82) is 0 Å². The first-order valence-electron chi connectivity index (χ1n) is 8.21. The average molecular weight is 394 g/mol. The molecule has 0 aromatic heterocycles. The number of nitrogens with zero attached hydrogens (tertiary/aromatic N) is 1. The average Bonchev–Trinajstić information content (AvgIpc) is 3.09. The van der Waals surface area contributed by atoms with Crippen LogP contribution in [0.2, 0.25) is 0 Å². The van der Waals surface area contributed by atoms with Gasteiger partial charge >= 0.3 is 0 Å². The van der Waals surface area contributed by atoms with E-state index in [1.807, 2.05) is 0 Å². The third-order valence-corrected chi connectivity index (χ3v) is 5.30. The number of rotatable bonds is 7. The Labute approximate surface area is 156 Å². The van der Waals surface area contributed by atoms with E-state index in [0.717, 1.165) is 10.6 Å². The van der Waals surface area contributed by atoms with E-state index in [4.69, 9.17) is 9.47 Å². The van der Waals surface area contributed by atoms with Gasteiger partial charge < -0.3 is 14.8 Å². The van der Waals surface area contributed by atoms with Crippen molar-refractivity contribution in [2.45, 2.75) is 6.54 Å². The number of amides is 1. The van der Waals surface area contributed by atoms with Crippen LogP contribution in [0.4, 0.5) is 4.39 Å². The maximum absolute atomic E-state index is 13.8. The van der Waals surface area contributed by atoms with E-state index in [1.165, 1.54) is 18.2 Å². The van der Waals surface area contributed by atoms with Crippen molar-refractivity contribution < 1.29 is 27.1 Å². The van der Waals surface area contributed by atoms with Crippen LogP contribution in [0.1, 0.15) is 15.9 Å². The van der Waals surface area contributed by atoms with Gasteiger partial charge in [0.25, 0.3) is 5.91 Å². The van der Waals surface area contributed by atoms with Crippen molar-refractivity contribution in [3.63, 3.8) is 0 Å². The van der Waals surface area contributed by atoms with Gasteiger partial charge in [-0.25, -0.2) is 12.8 Å². The highest BCUT2D eigenvalue weighted by molar-refractivity contribution is 7.88. The summed E-state index contributed by atoms with van der Waals surface area (Å²) in [6, 6.07) is 10.8. The van der Waals surface area contributed by atoms with Crippen LogP contribution in [0.15, 0.2) is 42.5 Å². The van der Waals surface area contributed by atoms with Crippen LogP contribution in [0.3, 0.4) is 0 Å². The van der Waals surface area contributed by atoms with Gasteiger partial charge in [-0.15, -0.1) is 0 Å². The summed E-state index contributed by atoms with van der Waals surface area (Å²) < 4.78 is 49.3. The number of carbonyl (C=O) groups is 1. The summed E-state index contributed by atoms with van der Waals surface area (Å²) >= 11 is 0. The Bertz CT molecular complexity index is 949. The van der Waals surface area contributed by atoms with Gasteiger partial charge in [0, 0.05) is 30.8 Å². The topological polar surface area (TPSA) is 84.9 Å². The number of nitrogens with one attached hydrogen (secondary N) is 1. The molecule has 0 spiro atoms. The second-order valence-electron chi connectivity index (χ2n) is 6.01. The van der Waals surface area contributed by atoms with Crippen LogP contribution >= 0.6 is 0 Å². The quantitative estimate of drug-likeness (QED) is 0.773. The molecule has 1 aliphatic rings. The van der Waals surface area contributed by atoms with Gasteiger partial charge in [0.15, 0.2) is 11.5 Å². The molecule has 1 heterocycles. The smallest absolute Gasteiger partial charge is 0.251 e. The molecule has 2 aromatic rings. The third-order valence-electron chi connectivity index (χ3n) is 4.06. The molecule has 0 aliphatic carbocycles. The normalized spacial score (nSPS) is 13.0. The molecule has 0 bridgehead atoms. The lowest BCUT2D eigenvalue weighted by molar-refractivity contribution is 0.0951. The number of hydrogen-bond acceptors (Lipinski definition) is 5. The standard InChI is InChI=1S/C18H19FN2O5S/c1-27(23,24)21(11-14-4-2-3-5-15(14)19)9-8-20-18(22)13-6-7-16-17(10-13)26-12-25-16/h2-7,10H,8-9,11-12H2,1H3,(H,20,22). The SMILES string of the molecule is CS(=O)(=O)N(CCNC(=O)c1ccc2c(c1)OCO2)Cc1ccccc1F. The number of halogens is 1. The van der Waals surface area contributed by atoms with Gasteiger partial charge in [-0.05, 0) is 24.3 Å².